The van der Waals surface area contributed by atoms with Crippen molar-refractivity contribution in [2.24, 2.45) is 11.8 Å². The third-order valence-corrected chi connectivity index (χ3v) is 5.04. The topological polar surface area (TPSA) is 46.2 Å². The Kier molecular flexibility index (Phi) is 10.2. The number of nitrogens with one attached hydrogen (secondary N) is 1. The van der Waals surface area contributed by atoms with E-state index in [0.29, 0.717) is 24.2 Å². The van der Waals surface area contributed by atoms with Gasteiger partial charge in [-0.3, -0.25) is 9.59 Å². The van der Waals surface area contributed by atoms with Crippen molar-refractivity contribution in [1.29, 1.82) is 0 Å². The first kappa shape index (κ1) is 22.3. The van der Waals surface area contributed by atoms with E-state index in [1.807, 2.05) is 27.7 Å². The number of hydrogen-bond acceptors (Lipinski definition) is 2. The first-order valence-electron chi connectivity index (χ1n) is 10.0. The summed E-state index contributed by atoms with van der Waals surface area (Å²) in [4.78, 5) is 23.9. The van der Waals surface area contributed by atoms with Crippen LogP contribution in [-0.2, 0) is 16.0 Å². The number of Topliss-reactive ketones (excluding diaryl/α,β-unsaturated/α-hetero) is 1. The normalized spacial score (nSPS) is 13.3. The highest BCUT2D eigenvalue weighted by Crippen LogP contribution is 2.21. The molecule has 1 N–H and O–H groups in total. The minimum Gasteiger partial charge on any atom is -0.323 e. The van der Waals surface area contributed by atoms with Crippen molar-refractivity contribution >= 4 is 17.4 Å². The molecule has 0 heterocycles. The van der Waals surface area contributed by atoms with E-state index in [1.165, 1.54) is 0 Å². The monoisotopic (exact) mass is 363 g/mol. The SMILES string of the molecule is CCCC(C)C(=O)Nc1cccc(CCCCCC(=O)C(C)CC)c1F. The van der Waals surface area contributed by atoms with Gasteiger partial charge in [-0.05, 0) is 43.7 Å². The third-order valence-electron chi connectivity index (χ3n) is 5.04. The van der Waals surface area contributed by atoms with Gasteiger partial charge in [0.2, 0.25) is 5.91 Å². The molecule has 0 fully saturated rings. The van der Waals surface area contributed by atoms with E-state index >= 15 is 0 Å². The molecule has 26 heavy (non-hydrogen) atoms. The summed E-state index contributed by atoms with van der Waals surface area (Å²) in [5.41, 5.74) is 0.890. The average Bonchev–Trinajstić information content (AvgIpc) is 2.63. The number of carbonyl (C=O) groups excluding carboxylic acids is 2. The van der Waals surface area contributed by atoms with Gasteiger partial charge < -0.3 is 5.32 Å². The van der Waals surface area contributed by atoms with Crippen LogP contribution in [0.3, 0.4) is 0 Å². The molecule has 2 atom stereocenters. The van der Waals surface area contributed by atoms with Gasteiger partial charge in [0.25, 0.3) is 0 Å². The molecule has 0 bridgehead atoms. The standard InChI is InChI=1S/C22H34FNO2/c1-5-11-17(4)22(26)24-19-14-10-13-18(21(19)23)12-8-7-9-15-20(25)16(3)6-2/h10,13-14,16-17H,5-9,11-12,15H2,1-4H3,(H,24,26). The number of amides is 1. The number of hydrogen-bond donors (Lipinski definition) is 1. The van der Waals surface area contributed by atoms with Crippen LogP contribution >= 0.6 is 0 Å². The smallest absolute Gasteiger partial charge is 0.227 e. The lowest BCUT2D eigenvalue weighted by molar-refractivity contribution is -0.122. The number of unbranched alkanes of at least 4 members (excludes halogenated alkanes) is 2. The predicted molar refractivity (Wildman–Crippen MR) is 106 cm³/mol. The molecular weight excluding hydrogens is 329 g/mol. The molecule has 146 valence electrons. The van der Waals surface area contributed by atoms with Gasteiger partial charge in [0.05, 0.1) is 5.69 Å². The van der Waals surface area contributed by atoms with E-state index in [2.05, 4.69) is 5.32 Å². The Balaban J connectivity index is 2.49. The number of benzene rings is 1. The van der Waals surface area contributed by atoms with Crippen LogP contribution in [0.4, 0.5) is 10.1 Å². The Morgan fingerprint density at radius 1 is 1.08 bits per heavy atom. The Labute approximate surface area is 157 Å². The quantitative estimate of drug-likeness (QED) is 0.469. The Bertz CT molecular complexity index is 586. The van der Waals surface area contributed by atoms with Crippen LogP contribution in [0.15, 0.2) is 18.2 Å². The number of anilines is 1. The molecule has 1 rings (SSSR count). The van der Waals surface area contributed by atoms with E-state index in [1.54, 1.807) is 18.2 Å². The lowest BCUT2D eigenvalue weighted by Crippen LogP contribution is -2.21. The van der Waals surface area contributed by atoms with Crippen molar-refractivity contribution in [1.82, 2.24) is 0 Å². The predicted octanol–water partition coefficient (Wildman–Crippen LogP) is 5.92. The fraction of sp³-hybridized carbons (Fsp3) is 0.636. The fourth-order valence-electron chi connectivity index (χ4n) is 2.95. The minimum atomic E-state index is -0.333. The molecule has 0 aliphatic rings. The highest BCUT2D eigenvalue weighted by Gasteiger charge is 2.15. The summed E-state index contributed by atoms with van der Waals surface area (Å²) in [7, 11) is 0. The van der Waals surface area contributed by atoms with E-state index < -0.39 is 0 Å². The molecule has 1 aromatic rings. The lowest BCUT2D eigenvalue weighted by Gasteiger charge is -2.13. The van der Waals surface area contributed by atoms with Gasteiger partial charge in [0, 0.05) is 18.3 Å². The minimum absolute atomic E-state index is 0.119. The second kappa shape index (κ2) is 11.8. The molecule has 0 aromatic heterocycles. The van der Waals surface area contributed by atoms with Crippen molar-refractivity contribution in [3.8, 4) is 0 Å². The molecule has 1 amide bonds. The summed E-state index contributed by atoms with van der Waals surface area (Å²) < 4.78 is 14.6. The second-order valence-electron chi connectivity index (χ2n) is 7.29. The first-order chi connectivity index (χ1) is 12.4. The fourth-order valence-corrected chi connectivity index (χ4v) is 2.95. The number of carbonyl (C=O) groups is 2. The van der Waals surface area contributed by atoms with Gasteiger partial charge in [0.1, 0.15) is 11.6 Å². The van der Waals surface area contributed by atoms with Crippen molar-refractivity contribution in [2.45, 2.75) is 79.1 Å². The molecule has 2 unspecified atom stereocenters. The third kappa shape index (κ3) is 7.27. The van der Waals surface area contributed by atoms with Crippen molar-refractivity contribution in [3.63, 3.8) is 0 Å². The molecule has 1 aromatic carbocycles. The van der Waals surface area contributed by atoms with Crippen LogP contribution < -0.4 is 5.32 Å². The van der Waals surface area contributed by atoms with Crippen molar-refractivity contribution in [3.05, 3.63) is 29.6 Å². The first-order valence-corrected chi connectivity index (χ1v) is 10.0. The maximum atomic E-state index is 14.6. The maximum absolute atomic E-state index is 14.6. The molecule has 0 aliphatic heterocycles. The van der Waals surface area contributed by atoms with Crippen LogP contribution in [0.5, 0.6) is 0 Å². The Morgan fingerprint density at radius 3 is 2.46 bits per heavy atom. The lowest BCUT2D eigenvalue weighted by atomic mass is 9.98. The van der Waals surface area contributed by atoms with Crippen LogP contribution in [-0.4, -0.2) is 11.7 Å². The van der Waals surface area contributed by atoms with Gasteiger partial charge in [-0.25, -0.2) is 4.39 Å². The van der Waals surface area contributed by atoms with Crippen molar-refractivity contribution in [2.75, 3.05) is 5.32 Å². The number of rotatable bonds is 12. The van der Waals surface area contributed by atoms with Gasteiger partial charge in [0.15, 0.2) is 0 Å². The molecule has 0 saturated carbocycles. The summed E-state index contributed by atoms with van der Waals surface area (Å²) in [6.07, 6.45) is 6.45. The van der Waals surface area contributed by atoms with Gasteiger partial charge >= 0.3 is 0 Å². The van der Waals surface area contributed by atoms with Crippen molar-refractivity contribution < 1.29 is 14.0 Å². The number of halogens is 1. The Hall–Kier alpha value is -1.71. The molecule has 0 radical (unpaired) electrons. The van der Waals surface area contributed by atoms with E-state index in [4.69, 9.17) is 0 Å². The van der Waals surface area contributed by atoms with Crippen LogP contribution in [0.2, 0.25) is 0 Å². The molecule has 0 spiro atoms. The molecule has 0 aliphatic carbocycles. The zero-order valence-electron chi connectivity index (χ0n) is 16.7. The van der Waals surface area contributed by atoms with Crippen LogP contribution in [0.1, 0.15) is 78.2 Å². The van der Waals surface area contributed by atoms with Gasteiger partial charge in [-0.15, -0.1) is 0 Å². The number of ketones is 1. The molecule has 3 nitrogen and oxygen atoms in total. The second-order valence-corrected chi connectivity index (χ2v) is 7.29. The summed E-state index contributed by atoms with van der Waals surface area (Å²) >= 11 is 0. The highest BCUT2D eigenvalue weighted by molar-refractivity contribution is 5.92. The summed E-state index contributed by atoms with van der Waals surface area (Å²) in [5, 5.41) is 2.71. The highest BCUT2D eigenvalue weighted by atomic mass is 19.1. The zero-order chi connectivity index (χ0) is 19.5. The summed E-state index contributed by atoms with van der Waals surface area (Å²) in [6, 6.07) is 5.16. The molecular formula is C22H34FNO2. The van der Waals surface area contributed by atoms with Gasteiger partial charge in [-0.1, -0.05) is 52.7 Å². The summed E-state index contributed by atoms with van der Waals surface area (Å²) in [6.45, 7) is 7.89. The van der Waals surface area contributed by atoms with E-state index in [-0.39, 0.29) is 29.2 Å². The number of aryl methyl sites for hydroxylation is 1. The van der Waals surface area contributed by atoms with Crippen LogP contribution in [0, 0.1) is 17.7 Å². The van der Waals surface area contributed by atoms with E-state index in [0.717, 1.165) is 38.5 Å². The largest absolute Gasteiger partial charge is 0.323 e. The Morgan fingerprint density at radius 2 is 1.81 bits per heavy atom. The molecule has 0 saturated heterocycles. The zero-order valence-corrected chi connectivity index (χ0v) is 16.7. The summed E-state index contributed by atoms with van der Waals surface area (Å²) in [5.74, 6) is -0.120. The maximum Gasteiger partial charge on any atom is 0.227 e. The van der Waals surface area contributed by atoms with Crippen LogP contribution in [0.25, 0.3) is 0 Å². The van der Waals surface area contributed by atoms with E-state index in [9.17, 15) is 14.0 Å². The van der Waals surface area contributed by atoms with Gasteiger partial charge in [-0.2, -0.15) is 0 Å². The average molecular weight is 364 g/mol. The molecule has 4 heteroatoms.